The Morgan fingerprint density at radius 2 is 1.68 bits per heavy atom. The summed E-state index contributed by atoms with van der Waals surface area (Å²) in [7, 11) is 4.14. The second kappa shape index (κ2) is 19.5. The summed E-state index contributed by atoms with van der Waals surface area (Å²) in [6.45, 7) is 4.23. The maximum absolute atomic E-state index is 15.7. The summed E-state index contributed by atoms with van der Waals surface area (Å²) in [4.78, 5) is 62.8. The van der Waals surface area contributed by atoms with E-state index in [-0.39, 0.29) is 48.0 Å². The number of imide groups is 2. The predicted octanol–water partition coefficient (Wildman–Crippen LogP) is 5.31. The minimum atomic E-state index is -1.02. The van der Waals surface area contributed by atoms with Crippen LogP contribution in [0.15, 0.2) is 66.9 Å². The lowest BCUT2D eigenvalue weighted by molar-refractivity contribution is -0.136. The number of nitriles is 1. The zero-order chi connectivity index (χ0) is 46.1. The van der Waals surface area contributed by atoms with E-state index in [1.807, 2.05) is 24.3 Å². The molecule has 346 valence electrons. The molecule has 0 bridgehead atoms. The van der Waals surface area contributed by atoms with Crippen LogP contribution < -0.4 is 25.0 Å². The van der Waals surface area contributed by atoms with Crippen LogP contribution in [0.1, 0.15) is 102 Å². The first-order valence-corrected chi connectivity index (χ1v) is 23.3. The number of carbonyl (C=O) groups is 4. The molecule has 3 N–H and O–H groups in total. The molecule has 4 heterocycles. The quantitative estimate of drug-likeness (QED) is 0.103. The Kier molecular flexibility index (Phi) is 13.3. The van der Waals surface area contributed by atoms with Crippen molar-refractivity contribution >= 4 is 40.2 Å². The number of hydrogen-bond donors (Lipinski definition) is 3. The number of benzene rings is 3. The number of likely N-dealkylation sites (N-methyl/N-ethyl adjacent to an activating group) is 1. The Balaban J connectivity index is 0.732. The highest BCUT2D eigenvalue weighted by Crippen LogP contribution is 2.36. The van der Waals surface area contributed by atoms with E-state index in [1.165, 1.54) is 6.07 Å². The van der Waals surface area contributed by atoms with Crippen molar-refractivity contribution in [2.24, 2.45) is 5.92 Å². The smallest absolute Gasteiger partial charge is 0.262 e. The number of hydrogen-bond acceptors (Lipinski definition) is 13. The van der Waals surface area contributed by atoms with Gasteiger partial charge in [-0.15, -0.1) is 0 Å². The van der Waals surface area contributed by atoms with Crippen molar-refractivity contribution in [2.45, 2.75) is 101 Å². The fraction of sp³-hybridized carbons (Fsp3) is 0.480. The Morgan fingerprint density at radius 1 is 0.909 bits per heavy atom. The van der Waals surface area contributed by atoms with Crippen molar-refractivity contribution in [3.63, 3.8) is 0 Å². The summed E-state index contributed by atoms with van der Waals surface area (Å²) >= 11 is 0. The fourth-order valence-electron chi connectivity index (χ4n) is 10.2. The Bertz CT molecular complexity index is 2530. The van der Waals surface area contributed by atoms with Crippen LogP contribution in [0.5, 0.6) is 11.5 Å². The Hall–Kier alpha value is -5.99. The second-order valence-corrected chi connectivity index (χ2v) is 18.7. The average molecular weight is 901 g/mol. The normalized spacial score (nSPS) is 24.0. The van der Waals surface area contributed by atoms with Gasteiger partial charge in [-0.1, -0.05) is 6.07 Å². The molecular formula is C50H57FN8O7. The largest absolute Gasteiger partial charge is 0.490 e. The predicted molar refractivity (Wildman–Crippen MR) is 243 cm³/mol. The van der Waals surface area contributed by atoms with E-state index in [9.17, 15) is 29.5 Å². The van der Waals surface area contributed by atoms with Gasteiger partial charge in [-0.3, -0.25) is 44.6 Å². The molecule has 1 aromatic heterocycles. The number of halogens is 1. The number of rotatable bonds is 15. The molecule has 5 aliphatic rings. The number of amides is 4. The highest BCUT2D eigenvalue weighted by Gasteiger charge is 2.45. The molecular weight excluding hydrogens is 844 g/mol. The van der Waals surface area contributed by atoms with Crippen LogP contribution >= 0.6 is 0 Å². The summed E-state index contributed by atoms with van der Waals surface area (Å²) in [6, 6.07) is 18.8. The first kappa shape index (κ1) is 45.2. The molecule has 2 unspecified atom stereocenters. The molecule has 0 spiro atoms. The van der Waals surface area contributed by atoms with Crippen LogP contribution in [-0.4, -0.2) is 126 Å². The van der Waals surface area contributed by atoms with Gasteiger partial charge in [0.15, 0.2) is 0 Å². The van der Waals surface area contributed by atoms with E-state index in [4.69, 9.17) is 9.47 Å². The number of anilines is 1. The molecule has 4 aromatic rings. The number of nitrogens with zero attached hydrogens (tertiary/aromatic N) is 6. The highest BCUT2D eigenvalue weighted by molar-refractivity contribution is 6.23. The number of pyridine rings is 1. The van der Waals surface area contributed by atoms with E-state index in [0.29, 0.717) is 45.8 Å². The van der Waals surface area contributed by atoms with Crippen molar-refractivity contribution in [1.82, 2.24) is 30.3 Å². The third-order valence-corrected chi connectivity index (χ3v) is 14.1. The van der Waals surface area contributed by atoms with Gasteiger partial charge < -0.3 is 24.4 Å². The SMILES string of the molecule is CN(C)CCN(CC1CCN(c2ccc(C(O)NC3CCC(Oc4ccc(C#N)c5ncccc45)CC3)cc2F)CC1)C1CC(Oc2ccc3c(c2)C(=O)N(C2CCC(=O)NC2=O)C3=O)C1. The number of aromatic nitrogens is 1. The molecule has 16 heteroatoms. The van der Waals surface area contributed by atoms with Crippen molar-refractivity contribution < 1.29 is 38.1 Å². The standard InChI is InChI=1S/C50H57FN8O7/c1-56(2)22-23-58(34-25-37(26-34)65-36-11-12-38-40(27-36)50(64)59(49(38)63)43-14-16-45(60)55-48(43)62)29-30-17-20-57(21-18-30)42-13-5-31(24-41(42)51)47(61)54-33-7-9-35(10-8-33)66-44-15-6-32(28-52)46-39(44)4-3-19-53-46/h3-6,11-13,15,19,24,27,30,33-35,37,43,47,54,61H,7-10,14,16-18,20-23,25-26,29H2,1-2H3,(H,55,60,62). The van der Waals surface area contributed by atoms with E-state index >= 15 is 4.39 Å². The number of aliphatic hydroxyl groups excluding tert-OH is 1. The average Bonchev–Trinajstić information content (AvgIpc) is 3.54. The van der Waals surface area contributed by atoms with Crippen LogP contribution in [0.2, 0.25) is 0 Å². The molecule has 4 fully saturated rings. The molecule has 0 radical (unpaired) electrons. The van der Waals surface area contributed by atoms with Crippen molar-refractivity contribution in [1.29, 1.82) is 5.26 Å². The first-order chi connectivity index (χ1) is 31.9. The zero-order valence-electron chi connectivity index (χ0n) is 37.5. The van der Waals surface area contributed by atoms with Crippen LogP contribution in [0.3, 0.4) is 0 Å². The lowest BCUT2D eigenvalue weighted by atomic mass is 9.86. The van der Waals surface area contributed by atoms with Crippen molar-refractivity contribution in [3.8, 4) is 17.6 Å². The van der Waals surface area contributed by atoms with Gasteiger partial charge in [-0.2, -0.15) is 5.26 Å². The number of nitrogens with one attached hydrogen (secondary N) is 2. The molecule has 3 aromatic carbocycles. The van der Waals surface area contributed by atoms with E-state index in [0.717, 1.165) is 94.4 Å². The maximum atomic E-state index is 15.7. The third-order valence-electron chi connectivity index (χ3n) is 14.1. The lowest BCUT2D eigenvalue weighted by Crippen LogP contribution is -2.54. The summed E-state index contributed by atoms with van der Waals surface area (Å²) in [5, 5.41) is 27.0. The summed E-state index contributed by atoms with van der Waals surface area (Å²) in [5.74, 6) is -0.827. The number of ether oxygens (including phenoxy) is 2. The number of aliphatic hydroxyl groups is 1. The van der Waals surface area contributed by atoms with Crippen LogP contribution in [0.25, 0.3) is 10.9 Å². The van der Waals surface area contributed by atoms with Gasteiger partial charge in [0.25, 0.3) is 11.8 Å². The molecule has 66 heavy (non-hydrogen) atoms. The van der Waals surface area contributed by atoms with Crippen LogP contribution in [0.4, 0.5) is 10.1 Å². The van der Waals surface area contributed by atoms with Crippen molar-refractivity contribution in [3.05, 3.63) is 94.9 Å². The van der Waals surface area contributed by atoms with Gasteiger partial charge in [0.1, 0.15) is 41.8 Å². The Morgan fingerprint density at radius 3 is 2.41 bits per heavy atom. The van der Waals surface area contributed by atoms with Crippen molar-refractivity contribution in [2.75, 3.05) is 51.7 Å². The van der Waals surface area contributed by atoms with Gasteiger partial charge in [-0.05, 0) is 125 Å². The Labute approximate surface area is 383 Å². The summed E-state index contributed by atoms with van der Waals surface area (Å²) in [5.41, 5.74) is 2.62. The molecule has 15 nitrogen and oxygen atoms in total. The minimum Gasteiger partial charge on any atom is -0.490 e. The molecule has 2 aliphatic carbocycles. The van der Waals surface area contributed by atoms with Gasteiger partial charge in [-0.25, -0.2) is 4.39 Å². The molecule has 2 saturated heterocycles. The van der Waals surface area contributed by atoms with E-state index < -0.39 is 35.9 Å². The van der Waals surface area contributed by atoms with Gasteiger partial charge in [0.2, 0.25) is 11.8 Å². The zero-order valence-corrected chi connectivity index (χ0v) is 37.5. The molecule has 3 aliphatic heterocycles. The fourth-order valence-corrected chi connectivity index (χ4v) is 10.2. The summed E-state index contributed by atoms with van der Waals surface area (Å²) < 4.78 is 28.5. The number of piperidine rings is 2. The first-order valence-electron chi connectivity index (χ1n) is 23.3. The van der Waals surface area contributed by atoms with E-state index in [2.05, 4.69) is 50.5 Å². The van der Waals surface area contributed by atoms with Gasteiger partial charge >= 0.3 is 0 Å². The molecule has 2 atom stereocenters. The molecule has 2 saturated carbocycles. The minimum absolute atomic E-state index is 0.00103. The molecule has 9 rings (SSSR count). The molecule has 4 amide bonds. The van der Waals surface area contributed by atoms with Crippen LogP contribution in [0, 0.1) is 23.1 Å². The number of carbonyl (C=O) groups excluding carboxylic acids is 4. The maximum Gasteiger partial charge on any atom is 0.262 e. The third kappa shape index (κ3) is 9.62. The van der Waals surface area contributed by atoms with Gasteiger partial charge in [0, 0.05) is 75.7 Å². The van der Waals surface area contributed by atoms with Crippen LogP contribution in [-0.2, 0) is 9.59 Å². The second-order valence-electron chi connectivity index (χ2n) is 18.7. The topological polar surface area (TPSA) is 181 Å². The number of fused-ring (bicyclic) bond motifs is 2. The monoisotopic (exact) mass is 900 g/mol. The van der Waals surface area contributed by atoms with Gasteiger partial charge in [0.05, 0.1) is 34.0 Å². The lowest BCUT2D eigenvalue weighted by Gasteiger charge is -2.45. The van der Waals surface area contributed by atoms with E-state index in [1.54, 1.807) is 36.5 Å². The highest BCUT2D eigenvalue weighted by atomic mass is 19.1. The summed E-state index contributed by atoms with van der Waals surface area (Å²) in [6.07, 6.45) is 7.47.